The lowest BCUT2D eigenvalue weighted by atomic mass is 10.0. The lowest BCUT2D eigenvalue weighted by molar-refractivity contribution is 0.588. The van der Waals surface area contributed by atoms with Crippen molar-refractivity contribution in [2.75, 3.05) is 16.4 Å². The summed E-state index contributed by atoms with van der Waals surface area (Å²) in [5.41, 5.74) is 2.80. The third kappa shape index (κ3) is 4.69. The molecule has 0 aliphatic heterocycles. The van der Waals surface area contributed by atoms with Crippen LogP contribution in [0, 0.1) is 5.92 Å². The van der Waals surface area contributed by atoms with E-state index in [9.17, 15) is 8.42 Å². The van der Waals surface area contributed by atoms with Crippen molar-refractivity contribution in [1.29, 1.82) is 0 Å². The Morgan fingerprint density at radius 3 is 2.16 bits per heavy atom. The van der Waals surface area contributed by atoms with E-state index in [1.54, 1.807) is 0 Å². The van der Waals surface area contributed by atoms with Gasteiger partial charge in [0.2, 0.25) is 10.0 Å². The highest BCUT2D eigenvalue weighted by Crippen LogP contribution is 2.24. The summed E-state index contributed by atoms with van der Waals surface area (Å²) < 4.78 is 27.0. The molecule has 0 radical (unpaired) electrons. The third-order valence-electron chi connectivity index (χ3n) is 3.02. The molecule has 0 heterocycles. The van der Waals surface area contributed by atoms with Gasteiger partial charge >= 0.3 is 0 Å². The molecule has 0 bridgehead atoms. The van der Waals surface area contributed by atoms with Crippen LogP contribution < -0.4 is 4.72 Å². The lowest BCUT2D eigenvalue weighted by Crippen LogP contribution is -2.23. The van der Waals surface area contributed by atoms with E-state index in [2.05, 4.69) is 4.72 Å². The SMILES string of the molecule is CCc1cccc(CC)c1NS(=O)(=O)CC(C)CCl. The van der Waals surface area contributed by atoms with Crippen molar-refractivity contribution in [3.63, 3.8) is 0 Å². The molecule has 1 aromatic carbocycles. The number of rotatable bonds is 7. The summed E-state index contributed by atoms with van der Waals surface area (Å²) in [5.74, 6) is 0.340. The molecule has 0 spiro atoms. The van der Waals surface area contributed by atoms with Crippen LogP contribution in [0.4, 0.5) is 5.69 Å². The Labute approximate surface area is 121 Å². The molecule has 0 saturated heterocycles. The molecule has 5 heteroatoms. The molecule has 0 aliphatic rings. The van der Waals surface area contributed by atoms with Crippen molar-refractivity contribution < 1.29 is 8.42 Å². The monoisotopic (exact) mass is 303 g/mol. The van der Waals surface area contributed by atoms with Crippen LogP contribution in [0.15, 0.2) is 18.2 Å². The number of benzene rings is 1. The van der Waals surface area contributed by atoms with Crippen LogP contribution in [-0.4, -0.2) is 20.1 Å². The number of anilines is 1. The molecule has 108 valence electrons. The van der Waals surface area contributed by atoms with E-state index in [1.165, 1.54) is 0 Å². The van der Waals surface area contributed by atoms with Gasteiger partial charge in [0.15, 0.2) is 0 Å². The van der Waals surface area contributed by atoms with E-state index in [4.69, 9.17) is 11.6 Å². The molecule has 0 aromatic heterocycles. The Morgan fingerprint density at radius 1 is 1.21 bits per heavy atom. The van der Waals surface area contributed by atoms with E-state index in [0.717, 1.165) is 29.7 Å². The van der Waals surface area contributed by atoms with Crippen LogP contribution >= 0.6 is 11.6 Å². The smallest absolute Gasteiger partial charge is 0.233 e. The van der Waals surface area contributed by atoms with Crippen molar-refractivity contribution in [2.24, 2.45) is 5.92 Å². The van der Waals surface area contributed by atoms with Crippen LogP contribution in [0.2, 0.25) is 0 Å². The quantitative estimate of drug-likeness (QED) is 0.784. The number of aryl methyl sites for hydroxylation is 2. The van der Waals surface area contributed by atoms with E-state index >= 15 is 0 Å². The van der Waals surface area contributed by atoms with E-state index in [0.29, 0.717) is 5.88 Å². The van der Waals surface area contributed by atoms with Gasteiger partial charge in [-0.15, -0.1) is 11.6 Å². The van der Waals surface area contributed by atoms with Crippen LogP contribution in [0.1, 0.15) is 31.9 Å². The molecule has 0 amide bonds. The number of sulfonamides is 1. The zero-order valence-corrected chi connectivity index (χ0v) is 13.3. The van der Waals surface area contributed by atoms with Gasteiger partial charge in [0.1, 0.15) is 0 Å². The van der Waals surface area contributed by atoms with Crippen LogP contribution in [0.5, 0.6) is 0 Å². The second kappa shape index (κ2) is 7.15. The summed E-state index contributed by atoms with van der Waals surface area (Å²) in [5, 5.41) is 0. The van der Waals surface area contributed by atoms with Gasteiger partial charge in [0.05, 0.1) is 11.4 Å². The molecule has 0 saturated carbocycles. The molecule has 1 rings (SSSR count). The normalized spacial score (nSPS) is 13.3. The first-order chi connectivity index (χ1) is 8.93. The molecular weight excluding hydrogens is 282 g/mol. The van der Waals surface area contributed by atoms with Gasteiger partial charge in [-0.25, -0.2) is 8.42 Å². The Hall–Kier alpha value is -0.740. The fourth-order valence-electron chi connectivity index (χ4n) is 1.99. The van der Waals surface area contributed by atoms with E-state index in [-0.39, 0.29) is 11.7 Å². The maximum atomic E-state index is 12.1. The predicted molar refractivity (Wildman–Crippen MR) is 82.5 cm³/mol. The summed E-state index contributed by atoms with van der Waals surface area (Å²) in [6.07, 6.45) is 1.60. The molecule has 19 heavy (non-hydrogen) atoms. The zero-order valence-electron chi connectivity index (χ0n) is 11.7. The third-order valence-corrected chi connectivity index (χ3v) is 5.07. The maximum absolute atomic E-state index is 12.1. The minimum Gasteiger partial charge on any atom is -0.283 e. The highest BCUT2D eigenvalue weighted by molar-refractivity contribution is 7.92. The van der Waals surface area contributed by atoms with Gasteiger partial charge in [0, 0.05) is 5.88 Å². The van der Waals surface area contributed by atoms with Gasteiger partial charge in [-0.2, -0.15) is 0 Å². The molecule has 1 atom stereocenters. The Kier molecular flexibility index (Phi) is 6.14. The van der Waals surface area contributed by atoms with Gasteiger partial charge < -0.3 is 0 Å². The molecule has 1 unspecified atom stereocenters. The van der Waals surface area contributed by atoms with Gasteiger partial charge in [-0.05, 0) is 29.9 Å². The molecule has 1 N–H and O–H groups in total. The van der Waals surface area contributed by atoms with Gasteiger partial charge in [-0.1, -0.05) is 39.0 Å². The zero-order chi connectivity index (χ0) is 14.5. The van der Waals surface area contributed by atoms with Crippen LogP contribution in [0.25, 0.3) is 0 Å². The number of alkyl halides is 1. The van der Waals surface area contributed by atoms with Crippen LogP contribution in [0.3, 0.4) is 0 Å². The molecule has 3 nitrogen and oxygen atoms in total. The van der Waals surface area contributed by atoms with E-state index in [1.807, 2.05) is 39.0 Å². The minimum absolute atomic E-state index is 0.0533. The highest BCUT2D eigenvalue weighted by atomic mass is 35.5. The van der Waals surface area contributed by atoms with Crippen molar-refractivity contribution in [1.82, 2.24) is 0 Å². The second-order valence-electron chi connectivity index (χ2n) is 4.80. The summed E-state index contributed by atoms with van der Waals surface area (Å²) in [6.45, 7) is 5.88. The number of hydrogen-bond acceptors (Lipinski definition) is 2. The second-order valence-corrected chi connectivity index (χ2v) is 6.88. The highest BCUT2D eigenvalue weighted by Gasteiger charge is 2.18. The molecule has 1 aromatic rings. The van der Waals surface area contributed by atoms with Crippen LogP contribution in [-0.2, 0) is 22.9 Å². The van der Waals surface area contributed by atoms with Crippen molar-refractivity contribution in [2.45, 2.75) is 33.6 Å². The number of hydrogen-bond donors (Lipinski definition) is 1. The standard InChI is InChI=1S/C14H22ClNO2S/c1-4-12-7-6-8-13(5-2)14(12)16-19(17,18)10-11(3)9-15/h6-8,11,16H,4-5,9-10H2,1-3H3. The largest absolute Gasteiger partial charge is 0.283 e. The van der Waals surface area contributed by atoms with Gasteiger partial charge in [-0.3, -0.25) is 4.72 Å². The fraction of sp³-hybridized carbons (Fsp3) is 0.571. The maximum Gasteiger partial charge on any atom is 0.233 e. The number of para-hydroxylation sites is 1. The summed E-state index contributed by atoms with van der Waals surface area (Å²) in [7, 11) is -3.35. The fourth-order valence-corrected chi connectivity index (χ4v) is 3.75. The van der Waals surface area contributed by atoms with Crippen molar-refractivity contribution >= 4 is 27.3 Å². The molecular formula is C14H22ClNO2S. The summed E-state index contributed by atoms with van der Waals surface area (Å²) in [4.78, 5) is 0. The average molecular weight is 304 g/mol. The Morgan fingerprint density at radius 2 is 1.74 bits per heavy atom. The molecule has 0 fully saturated rings. The minimum atomic E-state index is -3.35. The topological polar surface area (TPSA) is 46.2 Å². The van der Waals surface area contributed by atoms with E-state index < -0.39 is 10.0 Å². The first kappa shape index (κ1) is 16.3. The Balaban J connectivity index is 3.04. The first-order valence-corrected chi connectivity index (χ1v) is 8.79. The first-order valence-electron chi connectivity index (χ1n) is 6.60. The average Bonchev–Trinajstić information content (AvgIpc) is 2.37. The lowest BCUT2D eigenvalue weighted by Gasteiger charge is -2.17. The molecule has 0 aliphatic carbocycles. The van der Waals surface area contributed by atoms with Crippen molar-refractivity contribution in [3.8, 4) is 0 Å². The summed E-state index contributed by atoms with van der Waals surface area (Å²) >= 11 is 5.69. The number of halogens is 1. The predicted octanol–water partition coefficient (Wildman–Crippen LogP) is 3.43. The van der Waals surface area contributed by atoms with Gasteiger partial charge in [0.25, 0.3) is 0 Å². The van der Waals surface area contributed by atoms with Crippen molar-refractivity contribution in [3.05, 3.63) is 29.3 Å². The number of nitrogens with one attached hydrogen (secondary N) is 1. The Bertz CT molecular complexity index is 492. The summed E-state index contributed by atoms with van der Waals surface area (Å²) in [6, 6.07) is 5.89.